The van der Waals surface area contributed by atoms with E-state index < -0.39 is 10.1 Å². The van der Waals surface area contributed by atoms with Crippen molar-refractivity contribution in [3.05, 3.63) is 36.9 Å². The summed E-state index contributed by atoms with van der Waals surface area (Å²) in [5, 5.41) is 0. The van der Waals surface area contributed by atoms with Gasteiger partial charge in [-0.2, -0.15) is 0 Å². The van der Waals surface area contributed by atoms with E-state index in [9.17, 15) is 17.8 Å². The molecular formula is C17H23NaO6S. The summed E-state index contributed by atoms with van der Waals surface area (Å²) < 4.78 is 42.8. The fourth-order valence-corrected chi connectivity index (χ4v) is 2.50. The second kappa shape index (κ2) is 13.4. The maximum atomic E-state index is 10.8. The summed E-state index contributed by atoms with van der Waals surface area (Å²) in [6, 6.07) is 5.46. The first kappa shape index (κ1) is 24.1. The number of unbranched alkanes of at least 4 members (excludes halogenated alkanes) is 5. The standard InChI is InChI=1S/C17H24O6S.Na/c1-2-17(18)23-14-8-6-4-3-5-7-13-22-15-9-11-16(12-10-15)24(19,20)21;/h2,9-12H,1,3-8,13-14H2,(H,19,20,21);/q;+1/p-1. The van der Waals surface area contributed by atoms with Gasteiger partial charge >= 0.3 is 35.5 Å². The van der Waals surface area contributed by atoms with Gasteiger partial charge < -0.3 is 14.0 Å². The second-order valence-electron chi connectivity index (χ2n) is 5.27. The zero-order valence-corrected chi connectivity index (χ0v) is 17.4. The van der Waals surface area contributed by atoms with Crippen LogP contribution in [-0.2, 0) is 19.6 Å². The van der Waals surface area contributed by atoms with Crippen LogP contribution in [0.2, 0.25) is 0 Å². The monoisotopic (exact) mass is 378 g/mol. The molecule has 0 heterocycles. The third-order valence-corrected chi connectivity index (χ3v) is 4.18. The molecule has 0 amide bonds. The number of esters is 1. The molecule has 1 rings (SSSR count). The van der Waals surface area contributed by atoms with Crippen molar-refractivity contribution in [2.24, 2.45) is 0 Å². The number of benzene rings is 1. The number of ether oxygens (including phenoxy) is 2. The molecule has 0 atom stereocenters. The van der Waals surface area contributed by atoms with E-state index in [2.05, 4.69) is 6.58 Å². The van der Waals surface area contributed by atoms with Gasteiger partial charge in [-0.1, -0.05) is 32.3 Å². The van der Waals surface area contributed by atoms with Gasteiger partial charge in [0.25, 0.3) is 0 Å². The first-order chi connectivity index (χ1) is 11.4. The van der Waals surface area contributed by atoms with E-state index in [0.29, 0.717) is 19.0 Å². The number of carbonyl (C=O) groups is 1. The predicted molar refractivity (Wildman–Crippen MR) is 88.8 cm³/mol. The van der Waals surface area contributed by atoms with E-state index in [1.165, 1.54) is 24.3 Å². The predicted octanol–water partition coefficient (Wildman–Crippen LogP) is 0.0433. The molecule has 1 aromatic rings. The van der Waals surface area contributed by atoms with Gasteiger partial charge in [-0.25, -0.2) is 13.2 Å². The molecule has 6 nitrogen and oxygen atoms in total. The Morgan fingerprint density at radius 1 is 1.00 bits per heavy atom. The molecule has 0 aliphatic rings. The Bertz CT molecular complexity index is 613. The van der Waals surface area contributed by atoms with E-state index in [1.54, 1.807) is 0 Å². The van der Waals surface area contributed by atoms with Crippen LogP contribution in [0.4, 0.5) is 0 Å². The Hall–Kier alpha value is -0.860. The van der Waals surface area contributed by atoms with Crippen molar-refractivity contribution in [2.75, 3.05) is 13.2 Å². The van der Waals surface area contributed by atoms with Crippen LogP contribution in [0.15, 0.2) is 41.8 Å². The Morgan fingerprint density at radius 3 is 2.04 bits per heavy atom. The van der Waals surface area contributed by atoms with Crippen LogP contribution in [0.3, 0.4) is 0 Å². The van der Waals surface area contributed by atoms with Crippen LogP contribution in [-0.4, -0.2) is 32.2 Å². The van der Waals surface area contributed by atoms with Crippen molar-refractivity contribution in [1.29, 1.82) is 0 Å². The van der Waals surface area contributed by atoms with E-state index >= 15 is 0 Å². The first-order valence-electron chi connectivity index (χ1n) is 7.91. The maximum Gasteiger partial charge on any atom is 1.00 e. The molecule has 0 radical (unpaired) electrons. The zero-order valence-electron chi connectivity index (χ0n) is 14.6. The Kier molecular flexibility index (Phi) is 12.9. The Balaban J connectivity index is 0.00000576. The third kappa shape index (κ3) is 11.4. The van der Waals surface area contributed by atoms with Crippen molar-refractivity contribution in [3.8, 4) is 5.75 Å². The molecule has 0 aliphatic carbocycles. The van der Waals surface area contributed by atoms with Crippen molar-refractivity contribution in [3.63, 3.8) is 0 Å². The minimum Gasteiger partial charge on any atom is -0.744 e. The van der Waals surface area contributed by atoms with Gasteiger partial charge in [0.05, 0.1) is 18.1 Å². The van der Waals surface area contributed by atoms with Gasteiger partial charge in [0.2, 0.25) is 0 Å². The summed E-state index contributed by atoms with van der Waals surface area (Å²) in [5.74, 6) is 0.166. The summed E-state index contributed by atoms with van der Waals surface area (Å²) in [6.45, 7) is 4.30. The van der Waals surface area contributed by atoms with Crippen molar-refractivity contribution >= 4 is 16.1 Å². The summed E-state index contributed by atoms with van der Waals surface area (Å²) in [5.41, 5.74) is 0. The molecule has 0 aromatic heterocycles. The average molecular weight is 378 g/mol. The zero-order chi connectivity index (χ0) is 17.8. The van der Waals surface area contributed by atoms with Crippen molar-refractivity contribution in [2.45, 2.75) is 43.4 Å². The van der Waals surface area contributed by atoms with Crippen LogP contribution in [0.1, 0.15) is 38.5 Å². The average Bonchev–Trinajstić information content (AvgIpc) is 2.55. The maximum absolute atomic E-state index is 10.8. The largest absolute Gasteiger partial charge is 1.00 e. The van der Waals surface area contributed by atoms with Crippen LogP contribution in [0.5, 0.6) is 5.75 Å². The van der Waals surface area contributed by atoms with Crippen LogP contribution in [0.25, 0.3) is 0 Å². The van der Waals surface area contributed by atoms with Gasteiger partial charge in [-0.05, 0) is 37.1 Å². The molecule has 1 aromatic carbocycles. The SMILES string of the molecule is C=CC(=O)OCCCCCCCCOc1ccc(S(=O)(=O)[O-])cc1.[Na+]. The van der Waals surface area contributed by atoms with E-state index in [0.717, 1.165) is 44.6 Å². The van der Waals surface area contributed by atoms with E-state index in [-0.39, 0.29) is 40.4 Å². The fourth-order valence-electron chi connectivity index (χ4n) is 2.04. The van der Waals surface area contributed by atoms with Gasteiger partial charge in [-0.3, -0.25) is 0 Å². The molecule has 0 saturated carbocycles. The quantitative estimate of drug-likeness (QED) is 0.168. The molecule has 0 saturated heterocycles. The van der Waals surface area contributed by atoms with Crippen LogP contribution in [0, 0.1) is 0 Å². The molecule has 25 heavy (non-hydrogen) atoms. The van der Waals surface area contributed by atoms with E-state index in [1.807, 2.05) is 0 Å². The van der Waals surface area contributed by atoms with Crippen LogP contribution >= 0.6 is 0 Å². The first-order valence-corrected chi connectivity index (χ1v) is 9.32. The summed E-state index contributed by atoms with van der Waals surface area (Å²) >= 11 is 0. The van der Waals surface area contributed by atoms with Gasteiger partial charge in [0.1, 0.15) is 15.9 Å². The van der Waals surface area contributed by atoms with E-state index in [4.69, 9.17) is 9.47 Å². The smallest absolute Gasteiger partial charge is 0.744 e. The fraction of sp³-hybridized carbons (Fsp3) is 0.471. The Labute approximate surface area is 171 Å². The van der Waals surface area contributed by atoms with Crippen molar-refractivity contribution < 1.29 is 56.8 Å². The van der Waals surface area contributed by atoms with Crippen LogP contribution < -0.4 is 34.3 Å². The molecule has 8 heteroatoms. The molecule has 0 aliphatic heterocycles. The second-order valence-corrected chi connectivity index (χ2v) is 6.65. The minimum absolute atomic E-state index is 0. The molecule has 0 spiro atoms. The molecule has 0 N–H and O–H groups in total. The Morgan fingerprint density at radius 2 is 1.52 bits per heavy atom. The summed E-state index contributed by atoms with van der Waals surface area (Å²) in [6.07, 6.45) is 7.09. The summed E-state index contributed by atoms with van der Waals surface area (Å²) in [7, 11) is -4.41. The molecule has 0 bridgehead atoms. The number of rotatable bonds is 12. The van der Waals surface area contributed by atoms with Gasteiger partial charge in [-0.15, -0.1) is 0 Å². The molecule has 0 fully saturated rings. The number of carbonyl (C=O) groups excluding carboxylic acids is 1. The molecule has 0 unspecified atom stereocenters. The number of hydrogen-bond acceptors (Lipinski definition) is 6. The normalized spacial score (nSPS) is 10.6. The van der Waals surface area contributed by atoms with Gasteiger partial charge in [0, 0.05) is 6.08 Å². The van der Waals surface area contributed by atoms with Crippen molar-refractivity contribution in [1.82, 2.24) is 0 Å². The molecule has 134 valence electrons. The minimum atomic E-state index is -4.41. The third-order valence-electron chi connectivity index (χ3n) is 3.33. The number of hydrogen-bond donors (Lipinski definition) is 0. The molecular weight excluding hydrogens is 355 g/mol. The van der Waals surface area contributed by atoms with Gasteiger partial charge in [0.15, 0.2) is 0 Å². The topological polar surface area (TPSA) is 92.7 Å². The summed E-state index contributed by atoms with van der Waals surface area (Å²) in [4.78, 5) is 10.5.